The highest BCUT2D eigenvalue weighted by molar-refractivity contribution is 7.89. The largest absolute Gasteiger partial charge is 0.289 e. The number of aromatic nitrogens is 4. The van der Waals surface area contributed by atoms with Crippen LogP contribution in [0.25, 0.3) is 28.2 Å². The molecule has 0 amide bonds. The van der Waals surface area contributed by atoms with Gasteiger partial charge in [-0.2, -0.15) is 5.26 Å². The second kappa shape index (κ2) is 8.45. The Hall–Kier alpha value is -3.68. The molecule has 1 atom stereocenters. The fourth-order valence-corrected chi connectivity index (χ4v) is 4.50. The zero-order valence-corrected chi connectivity index (χ0v) is 18.1. The number of hydrogen-bond acceptors (Lipinski definition) is 6. The zero-order chi connectivity index (χ0) is 22.9. The Morgan fingerprint density at radius 1 is 1.19 bits per heavy atom. The summed E-state index contributed by atoms with van der Waals surface area (Å²) in [4.78, 5) is 12.7. The summed E-state index contributed by atoms with van der Waals surface area (Å²) >= 11 is 0. The van der Waals surface area contributed by atoms with Gasteiger partial charge in [0.25, 0.3) is 0 Å². The first-order valence-electron chi connectivity index (χ1n) is 9.73. The van der Waals surface area contributed by atoms with Crippen molar-refractivity contribution in [2.24, 2.45) is 0 Å². The van der Waals surface area contributed by atoms with Crippen molar-refractivity contribution in [3.8, 4) is 23.4 Å². The standard InChI is InChI=1S/C22H19FN6O2S/c1-14-6-7-17-18(11-24)21(29(19(17)9-14)20-5-3-4-8-25-20)22-26-12-16(13-27-22)32(30,31)28-15(2)10-23/h3-9,12-13,15,28H,10H2,1-2H3/t15-/m0/s1. The number of fused-ring (bicyclic) bond motifs is 1. The van der Waals surface area contributed by atoms with E-state index in [2.05, 4.69) is 25.7 Å². The molecular weight excluding hydrogens is 431 g/mol. The summed E-state index contributed by atoms with van der Waals surface area (Å²) in [6.07, 6.45) is 3.92. The summed E-state index contributed by atoms with van der Waals surface area (Å²) in [6, 6.07) is 12.5. The molecule has 10 heteroatoms. The lowest BCUT2D eigenvalue weighted by atomic mass is 10.1. The molecule has 1 N–H and O–H groups in total. The van der Waals surface area contributed by atoms with Gasteiger partial charge in [-0.25, -0.2) is 32.5 Å². The minimum absolute atomic E-state index is 0.165. The van der Waals surface area contributed by atoms with E-state index < -0.39 is 22.7 Å². The average Bonchev–Trinajstić information content (AvgIpc) is 3.12. The SMILES string of the molecule is Cc1ccc2c(C#N)c(-c3ncc(S(=O)(=O)N[C@@H](C)CF)cn3)n(-c3ccccn3)c2c1. The summed E-state index contributed by atoms with van der Waals surface area (Å²) in [6.45, 7) is 2.52. The van der Waals surface area contributed by atoms with Crippen LogP contribution in [0.4, 0.5) is 4.39 Å². The molecule has 0 saturated heterocycles. The Balaban J connectivity index is 1.93. The highest BCUT2D eigenvalue weighted by Gasteiger charge is 2.24. The maximum absolute atomic E-state index is 12.7. The second-order valence-corrected chi connectivity index (χ2v) is 9.01. The van der Waals surface area contributed by atoms with Crippen LogP contribution in [-0.2, 0) is 10.0 Å². The van der Waals surface area contributed by atoms with E-state index in [9.17, 15) is 18.1 Å². The summed E-state index contributed by atoms with van der Waals surface area (Å²) in [5.41, 5.74) is 2.51. The molecule has 0 fully saturated rings. The van der Waals surface area contributed by atoms with Gasteiger partial charge in [0, 0.05) is 17.6 Å². The molecule has 3 heterocycles. The summed E-state index contributed by atoms with van der Waals surface area (Å²) in [7, 11) is -3.98. The van der Waals surface area contributed by atoms with Crippen LogP contribution in [0.2, 0.25) is 0 Å². The first kappa shape index (κ1) is 21.5. The van der Waals surface area contributed by atoms with Crippen LogP contribution in [0.3, 0.4) is 0 Å². The van der Waals surface area contributed by atoms with Crippen molar-refractivity contribution in [1.82, 2.24) is 24.2 Å². The number of benzene rings is 1. The van der Waals surface area contributed by atoms with Gasteiger partial charge in [-0.3, -0.25) is 4.57 Å². The number of nitrogens with one attached hydrogen (secondary N) is 1. The van der Waals surface area contributed by atoms with E-state index in [0.717, 1.165) is 23.5 Å². The Morgan fingerprint density at radius 2 is 1.94 bits per heavy atom. The van der Waals surface area contributed by atoms with Gasteiger partial charge in [-0.15, -0.1) is 0 Å². The van der Waals surface area contributed by atoms with E-state index in [1.54, 1.807) is 22.9 Å². The maximum atomic E-state index is 12.7. The Bertz CT molecular complexity index is 1430. The summed E-state index contributed by atoms with van der Waals surface area (Å²) in [5.74, 6) is 0.733. The van der Waals surface area contributed by atoms with Crippen LogP contribution in [0.5, 0.6) is 0 Å². The Kier molecular flexibility index (Phi) is 5.69. The van der Waals surface area contributed by atoms with Gasteiger partial charge >= 0.3 is 0 Å². The van der Waals surface area contributed by atoms with Crippen LogP contribution in [-0.4, -0.2) is 40.7 Å². The molecule has 0 saturated carbocycles. The first-order valence-corrected chi connectivity index (χ1v) is 11.2. The number of nitriles is 1. The predicted molar refractivity (Wildman–Crippen MR) is 117 cm³/mol. The molecule has 162 valence electrons. The maximum Gasteiger partial charge on any atom is 0.243 e. The number of alkyl halides is 1. The van der Waals surface area contributed by atoms with Gasteiger partial charge < -0.3 is 0 Å². The van der Waals surface area contributed by atoms with Gasteiger partial charge in [0.05, 0.1) is 23.5 Å². The van der Waals surface area contributed by atoms with Crippen molar-refractivity contribution in [2.45, 2.75) is 24.8 Å². The monoisotopic (exact) mass is 450 g/mol. The first-order chi connectivity index (χ1) is 15.4. The van der Waals surface area contributed by atoms with E-state index in [1.807, 2.05) is 31.2 Å². The normalized spacial score (nSPS) is 12.6. The zero-order valence-electron chi connectivity index (χ0n) is 17.3. The number of aryl methyl sites for hydroxylation is 1. The molecule has 0 bridgehead atoms. The quantitative estimate of drug-likeness (QED) is 0.482. The molecule has 4 aromatic rings. The van der Waals surface area contributed by atoms with Crippen LogP contribution in [0.1, 0.15) is 18.1 Å². The van der Waals surface area contributed by atoms with E-state index in [4.69, 9.17) is 0 Å². The second-order valence-electron chi connectivity index (χ2n) is 7.30. The van der Waals surface area contributed by atoms with Crippen molar-refractivity contribution < 1.29 is 12.8 Å². The third-order valence-corrected chi connectivity index (χ3v) is 6.40. The minimum atomic E-state index is -3.98. The molecule has 3 aromatic heterocycles. The lowest BCUT2D eigenvalue weighted by Crippen LogP contribution is -2.34. The predicted octanol–water partition coefficient (Wildman–Crippen LogP) is 3.30. The molecule has 0 spiro atoms. The van der Waals surface area contributed by atoms with Crippen molar-refractivity contribution in [3.05, 3.63) is 66.1 Å². The van der Waals surface area contributed by atoms with Crippen LogP contribution in [0.15, 0.2) is 59.9 Å². The number of rotatable bonds is 6. The molecule has 0 aliphatic heterocycles. The highest BCUT2D eigenvalue weighted by atomic mass is 32.2. The smallest absolute Gasteiger partial charge is 0.243 e. The number of pyridine rings is 1. The minimum Gasteiger partial charge on any atom is -0.289 e. The molecule has 0 aliphatic rings. The topological polar surface area (TPSA) is 114 Å². The average molecular weight is 450 g/mol. The Labute approximate surface area is 184 Å². The molecule has 32 heavy (non-hydrogen) atoms. The van der Waals surface area contributed by atoms with Gasteiger partial charge in [0.15, 0.2) is 5.82 Å². The van der Waals surface area contributed by atoms with Crippen LogP contribution >= 0.6 is 0 Å². The third kappa shape index (κ3) is 3.84. The molecule has 4 rings (SSSR count). The number of hydrogen-bond donors (Lipinski definition) is 1. The summed E-state index contributed by atoms with van der Waals surface area (Å²) < 4.78 is 41.6. The lowest BCUT2D eigenvalue weighted by molar-refractivity contribution is 0.423. The van der Waals surface area contributed by atoms with E-state index in [0.29, 0.717) is 22.5 Å². The van der Waals surface area contributed by atoms with Crippen molar-refractivity contribution in [2.75, 3.05) is 6.67 Å². The molecule has 8 nitrogen and oxygen atoms in total. The van der Waals surface area contributed by atoms with Gasteiger partial charge in [-0.05, 0) is 37.6 Å². The Morgan fingerprint density at radius 3 is 2.56 bits per heavy atom. The summed E-state index contributed by atoms with van der Waals surface area (Å²) in [5, 5.41) is 10.6. The molecule has 0 radical (unpaired) electrons. The van der Waals surface area contributed by atoms with Crippen LogP contribution in [0, 0.1) is 18.3 Å². The van der Waals surface area contributed by atoms with Crippen molar-refractivity contribution >= 4 is 20.9 Å². The number of sulfonamides is 1. The van der Waals surface area contributed by atoms with Gasteiger partial charge in [0.1, 0.15) is 29.2 Å². The van der Waals surface area contributed by atoms with E-state index >= 15 is 0 Å². The number of nitrogens with zero attached hydrogens (tertiary/aromatic N) is 5. The third-order valence-electron chi connectivity index (χ3n) is 4.85. The fourth-order valence-electron chi connectivity index (χ4n) is 3.39. The molecule has 1 aromatic carbocycles. The van der Waals surface area contributed by atoms with Crippen molar-refractivity contribution in [3.63, 3.8) is 0 Å². The van der Waals surface area contributed by atoms with Crippen molar-refractivity contribution in [1.29, 1.82) is 5.26 Å². The van der Waals surface area contributed by atoms with Gasteiger partial charge in [0.2, 0.25) is 10.0 Å². The van der Waals surface area contributed by atoms with Crippen LogP contribution < -0.4 is 4.72 Å². The molecule has 0 unspecified atom stereocenters. The number of halogens is 1. The molecule has 0 aliphatic carbocycles. The highest BCUT2D eigenvalue weighted by Crippen LogP contribution is 2.34. The van der Waals surface area contributed by atoms with Gasteiger partial charge in [-0.1, -0.05) is 18.2 Å². The van der Waals surface area contributed by atoms with E-state index in [1.165, 1.54) is 6.92 Å². The molecular formula is C22H19FN6O2S. The fraction of sp³-hybridized carbons (Fsp3) is 0.182. The van der Waals surface area contributed by atoms with E-state index in [-0.39, 0.29) is 10.7 Å². The lowest BCUT2D eigenvalue weighted by Gasteiger charge is -2.12.